The van der Waals surface area contributed by atoms with E-state index in [1.54, 1.807) is 36.1 Å². The Labute approximate surface area is 150 Å². The highest BCUT2D eigenvalue weighted by molar-refractivity contribution is 6.33. The normalized spacial score (nSPS) is 13.4. The molecule has 1 saturated heterocycles. The highest BCUT2D eigenvalue weighted by Crippen LogP contribution is 2.29. The van der Waals surface area contributed by atoms with Gasteiger partial charge in [0.15, 0.2) is 0 Å². The fraction of sp³-hybridized carbons (Fsp3) is 0.375. The van der Waals surface area contributed by atoms with Crippen molar-refractivity contribution in [3.05, 3.63) is 23.2 Å². The van der Waals surface area contributed by atoms with Crippen LogP contribution in [0.15, 0.2) is 23.3 Å². The molecule has 1 heterocycles. The third kappa shape index (κ3) is 4.75. The van der Waals surface area contributed by atoms with Crippen LogP contribution < -0.4 is 10.3 Å². The second kappa shape index (κ2) is 8.76. The third-order valence-electron chi connectivity index (χ3n) is 3.60. The molecule has 130 valence electrons. The summed E-state index contributed by atoms with van der Waals surface area (Å²) in [6.45, 7) is 4.57. The maximum atomic E-state index is 11.7. The largest absolute Gasteiger partial charge is 0.450 e. The lowest BCUT2D eigenvalue weighted by molar-refractivity contribution is 0.105. The zero-order chi connectivity index (χ0) is 18.2. The Morgan fingerprint density at radius 1 is 1.32 bits per heavy atom. The molecule has 2 rings (SSSR count). The van der Waals surface area contributed by atoms with Crippen molar-refractivity contribution in [2.45, 2.75) is 6.92 Å². The summed E-state index contributed by atoms with van der Waals surface area (Å²) in [5.41, 5.74) is 3.77. The molecule has 0 radical (unpaired) electrons. The Morgan fingerprint density at radius 3 is 2.56 bits per heavy atom. The molecule has 0 spiro atoms. The van der Waals surface area contributed by atoms with E-state index >= 15 is 0 Å². The standard InChI is InChI=1S/C16H17ClN6O2/c1-2-25-16(24)23-7-5-22(6-8-23)15-4-3-12(9-14(15)17)20-21-13(10-18)11-19/h3-4,9,20H,2,5-8H2,1H3. The van der Waals surface area contributed by atoms with Crippen LogP contribution in [0.25, 0.3) is 0 Å². The van der Waals surface area contributed by atoms with Gasteiger partial charge in [0, 0.05) is 26.2 Å². The Hall–Kier alpha value is -2.97. The van der Waals surface area contributed by atoms with Gasteiger partial charge in [0.1, 0.15) is 12.1 Å². The Morgan fingerprint density at radius 2 is 2.00 bits per heavy atom. The van der Waals surface area contributed by atoms with Crippen molar-refractivity contribution in [2.75, 3.05) is 43.1 Å². The molecule has 8 nitrogen and oxygen atoms in total. The number of nitrogens with one attached hydrogen (secondary N) is 1. The van der Waals surface area contributed by atoms with E-state index < -0.39 is 0 Å². The van der Waals surface area contributed by atoms with Crippen molar-refractivity contribution in [2.24, 2.45) is 5.10 Å². The van der Waals surface area contributed by atoms with E-state index in [4.69, 9.17) is 26.9 Å². The average molecular weight is 361 g/mol. The molecule has 25 heavy (non-hydrogen) atoms. The number of nitriles is 2. The minimum Gasteiger partial charge on any atom is -0.450 e. The van der Waals surface area contributed by atoms with E-state index in [9.17, 15) is 4.79 Å². The van der Waals surface area contributed by atoms with Crippen molar-refractivity contribution in [1.82, 2.24) is 4.90 Å². The lowest BCUT2D eigenvalue weighted by atomic mass is 10.2. The Kier molecular flexibility index (Phi) is 6.44. The first-order valence-corrected chi connectivity index (χ1v) is 8.07. The summed E-state index contributed by atoms with van der Waals surface area (Å²) in [6, 6.07) is 8.59. The molecule has 1 N–H and O–H groups in total. The van der Waals surface area contributed by atoms with Crippen molar-refractivity contribution < 1.29 is 9.53 Å². The predicted molar refractivity (Wildman–Crippen MR) is 94.5 cm³/mol. The number of carbonyl (C=O) groups excluding carboxylic acids is 1. The fourth-order valence-electron chi connectivity index (χ4n) is 2.37. The molecule has 1 fully saturated rings. The van der Waals surface area contributed by atoms with Gasteiger partial charge in [-0.15, -0.1) is 0 Å². The number of ether oxygens (including phenoxy) is 1. The molecule has 0 bridgehead atoms. The van der Waals surface area contributed by atoms with Crippen molar-refractivity contribution in [1.29, 1.82) is 10.5 Å². The van der Waals surface area contributed by atoms with Crippen LogP contribution in [0.2, 0.25) is 5.02 Å². The topological polar surface area (TPSA) is 105 Å². The predicted octanol–water partition coefficient (Wildman–Crippen LogP) is 2.43. The molecule has 1 amide bonds. The van der Waals surface area contributed by atoms with E-state index in [1.807, 2.05) is 6.07 Å². The van der Waals surface area contributed by atoms with E-state index in [-0.39, 0.29) is 11.8 Å². The van der Waals surface area contributed by atoms with E-state index in [1.165, 1.54) is 0 Å². The number of rotatable bonds is 4. The molecule has 0 aromatic heterocycles. The van der Waals surface area contributed by atoms with Gasteiger partial charge < -0.3 is 14.5 Å². The molecule has 0 unspecified atom stereocenters. The summed E-state index contributed by atoms with van der Waals surface area (Å²) < 4.78 is 5.00. The first kappa shape index (κ1) is 18.4. The average Bonchev–Trinajstić information content (AvgIpc) is 2.63. The Bertz CT molecular complexity index is 728. The Balaban J connectivity index is 2.00. The number of halogens is 1. The van der Waals surface area contributed by atoms with Crippen LogP contribution in [-0.4, -0.2) is 49.5 Å². The van der Waals surface area contributed by atoms with Crippen LogP contribution in [0.3, 0.4) is 0 Å². The van der Waals surface area contributed by atoms with Gasteiger partial charge >= 0.3 is 6.09 Å². The minimum atomic E-state index is -0.295. The summed E-state index contributed by atoms with van der Waals surface area (Å²) in [5, 5.41) is 21.5. The lowest BCUT2D eigenvalue weighted by Crippen LogP contribution is -2.49. The minimum absolute atomic E-state index is 0.268. The highest BCUT2D eigenvalue weighted by Gasteiger charge is 2.23. The lowest BCUT2D eigenvalue weighted by Gasteiger charge is -2.35. The van der Waals surface area contributed by atoms with E-state index in [2.05, 4.69) is 15.4 Å². The number of hydrazone groups is 1. The quantitative estimate of drug-likeness (QED) is 0.653. The van der Waals surface area contributed by atoms with Gasteiger partial charge in [0.05, 0.1) is 23.0 Å². The smallest absolute Gasteiger partial charge is 0.409 e. The van der Waals surface area contributed by atoms with Crippen LogP contribution in [0.1, 0.15) is 6.92 Å². The molecular formula is C16H17ClN6O2. The van der Waals surface area contributed by atoms with Crippen molar-refractivity contribution >= 4 is 34.8 Å². The highest BCUT2D eigenvalue weighted by atomic mass is 35.5. The molecular weight excluding hydrogens is 344 g/mol. The van der Waals surface area contributed by atoms with Crippen molar-refractivity contribution in [3.8, 4) is 12.1 Å². The number of hydrogen-bond donors (Lipinski definition) is 1. The van der Waals surface area contributed by atoms with Crippen LogP contribution in [0.5, 0.6) is 0 Å². The van der Waals surface area contributed by atoms with Gasteiger partial charge in [-0.3, -0.25) is 5.43 Å². The number of nitrogens with zero attached hydrogens (tertiary/aromatic N) is 5. The fourth-order valence-corrected chi connectivity index (χ4v) is 2.67. The molecule has 0 atom stereocenters. The summed E-state index contributed by atoms with van der Waals surface area (Å²) >= 11 is 6.33. The maximum Gasteiger partial charge on any atom is 0.409 e. The number of piperazine rings is 1. The molecule has 1 aromatic rings. The van der Waals surface area contributed by atoms with Gasteiger partial charge in [-0.1, -0.05) is 11.6 Å². The number of benzene rings is 1. The summed E-state index contributed by atoms with van der Waals surface area (Å²) in [5.74, 6) is 0. The maximum absolute atomic E-state index is 11.7. The van der Waals surface area contributed by atoms with Gasteiger partial charge in [0.2, 0.25) is 5.71 Å². The third-order valence-corrected chi connectivity index (χ3v) is 3.91. The van der Waals surface area contributed by atoms with Crippen LogP contribution >= 0.6 is 11.6 Å². The SMILES string of the molecule is CCOC(=O)N1CCN(c2ccc(NN=C(C#N)C#N)cc2Cl)CC1. The van der Waals surface area contributed by atoms with Crippen LogP contribution in [0.4, 0.5) is 16.2 Å². The summed E-state index contributed by atoms with van der Waals surface area (Å²) in [7, 11) is 0. The molecule has 0 aliphatic carbocycles. The van der Waals surface area contributed by atoms with Crippen molar-refractivity contribution in [3.63, 3.8) is 0 Å². The monoisotopic (exact) mass is 360 g/mol. The summed E-state index contributed by atoms with van der Waals surface area (Å²) in [4.78, 5) is 15.5. The second-order valence-electron chi connectivity index (χ2n) is 5.14. The van der Waals surface area contributed by atoms with Gasteiger partial charge in [-0.25, -0.2) is 4.79 Å². The zero-order valence-electron chi connectivity index (χ0n) is 13.7. The number of carbonyl (C=O) groups is 1. The molecule has 1 aromatic carbocycles. The van der Waals surface area contributed by atoms with E-state index in [0.29, 0.717) is 43.5 Å². The molecule has 0 saturated carbocycles. The molecule has 9 heteroatoms. The number of anilines is 2. The first-order chi connectivity index (χ1) is 12.1. The number of amides is 1. The zero-order valence-corrected chi connectivity index (χ0v) is 14.5. The van der Waals surface area contributed by atoms with Gasteiger partial charge in [-0.05, 0) is 25.1 Å². The van der Waals surface area contributed by atoms with Gasteiger partial charge in [0.25, 0.3) is 0 Å². The van der Waals surface area contributed by atoms with Crippen LogP contribution in [0, 0.1) is 22.7 Å². The summed E-state index contributed by atoms with van der Waals surface area (Å²) in [6.07, 6.45) is -0.295. The van der Waals surface area contributed by atoms with Gasteiger partial charge in [-0.2, -0.15) is 15.6 Å². The molecule has 1 aliphatic heterocycles. The van der Waals surface area contributed by atoms with E-state index in [0.717, 1.165) is 5.69 Å². The number of hydrogen-bond acceptors (Lipinski definition) is 7. The second-order valence-corrected chi connectivity index (χ2v) is 5.54. The van der Waals surface area contributed by atoms with Crippen LogP contribution in [-0.2, 0) is 4.74 Å². The first-order valence-electron chi connectivity index (χ1n) is 7.69. The molecule has 1 aliphatic rings.